The topological polar surface area (TPSA) is 56.1 Å². The molecule has 1 saturated heterocycles. The molecule has 17 heavy (non-hydrogen) atoms. The molecule has 0 spiro atoms. The zero-order valence-corrected chi connectivity index (χ0v) is 10.3. The van der Waals surface area contributed by atoms with Crippen molar-refractivity contribution in [1.29, 1.82) is 5.26 Å². The van der Waals surface area contributed by atoms with Gasteiger partial charge in [0.2, 0.25) is 5.95 Å². The average molecular weight is 231 g/mol. The molecule has 1 fully saturated rings. The molecule has 0 radical (unpaired) electrons. The van der Waals surface area contributed by atoms with Crippen molar-refractivity contribution in [3.63, 3.8) is 0 Å². The molecule has 0 aromatic carbocycles. The van der Waals surface area contributed by atoms with Gasteiger partial charge in [0.05, 0.1) is 6.07 Å². The fourth-order valence-electron chi connectivity index (χ4n) is 1.95. The van der Waals surface area contributed by atoms with E-state index in [4.69, 9.17) is 5.26 Å². The van der Waals surface area contributed by atoms with Gasteiger partial charge in [-0.3, -0.25) is 0 Å². The lowest BCUT2D eigenvalue weighted by Crippen LogP contribution is -2.34. The maximum Gasteiger partial charge on any atom is 0.227 e. The Labute approximate surface area is 102 Å². The van der Waals surface area contributed by atoms with Crippen LogP contribution in [0.4, 0.5) is 11.8 Å². The van der Waals surface area contributed by atoms with E-state index in [2.05, 4.69) is 20.9 Å². The zero-order valence-electron chi connectivity index (χ0n) is 10.3. The van der Waals surface area contributed by atoms with Crippen molar-refractivity contribution >= 4 is 11.8 Å². The van der Waals surface area contributed by atoms with Gasteiger partial charge in [0.25, 0.3) is 0 Å². The minimum Gasteiger partial charge on any atom is -0.363 e. The van der Waals surface area contributed by atoms with Crippen LogP contribution in [-0.4, -0.2) is 37.2 Å². The van der Waals surface area contributed by atoms with Gasteiger partial charge in [0.15, 0.2) is 0 Å². The molecule has 0 aliphatic carbocycles. The van der Waals surface area contributed by atoms with Gasteiger partial charge >= 0.3 is 0 Å². The molecule has 1 aliphatic heterocycles. The normalized spacial score (nSPS) is 16.6. The van der Waals surface area contributed by atoms with E-state index >= 15 is 0 Å². The fraction of sp³-hybridized carbons (Fsp3) is 0.583. The van der Waals surface area contributed by atoms with E-state index < -0.39 is 0 Å². The van der Waals surface area contributed by atoms with Gasteiger partial charge in [-0.1, -0.05) is 0 Å². The molecule has 1 aromatic rings. The van der Waals surface area contributed by atoms with E-state index in [0.29, 0.717) is 0 Å². The average Bonchev–Trinajstić information content (AvgIpc) is 2.39. The molecule has 0 atom stereocenters. The van der Waals surface area contributed by atoms with Crippen LogP contribution in [-0.2, 0) is 0 Å². The third kappa shape index (κ3) is 2.64. The second-order valence-corrected chi connectivity index (χ2v) is 4.50. The number of anilines is 2. The molecular formula is C12H17N5. The second-order valence-electron chi connectivity index (χ2n) is 4.50. The Morgan fingerprint density at radius 2 is 2.12 bits per heavy atom. The van der Waals surface area contributed by atoms with Crippen LogP contribution in [0.5, 0.6) is 0 Å². The molecule has 5 nitrogen and oxygen atoms in total. The second kappa shape index (κ2) is 5.00. The Bertz CT molecular complexity index is 415. The minimum absolute atomic E-state index is 0.197. The third-order valence-electron chi connectivity index (χ3n) is 3.05. The first-order chi connectivity index (χ1) is 8.20. The number of nitriles is 1. The summed E-state index contributed by atoms with van der Waals surface area (Å²) in [6.07, 6.45) is 3.60. The van der Waals surface area contributed by atoms with E-state index in [0.717, 1.165) is 37.7 Å². The summed E-state index contributed by atoms with van der Waals surface area (Å²) in [5.41, 5.74) is 0. The summed E-state index contributed by atoms with van der Waals surface area (Å²) in [7, 11) is 3.93. The first-order valence-electron chi connectivity index (χ1n) is 5.85. The molecule has 0 N–H and O–H groups in total. The third-order valence-corrected chi connectivity index (χ3v) is 3.05. The molecule has 2 heterocycles. The van der Waals surface area contributed by atoms with Crippen LogP contribution in [0, 0.1) is 17.2 Å². The maximum atomic E-state index is 8.86. The Hall–Kier alpha value is -1.83. The number of piperidine rings is 1. The van der Waals surface area contributed by atoms with Gasteiger partial charge in [-0.25, -0.2) is 4.98 Å². The number of hydrogen-bond donors (Lipinski definition) is 0. The largest absolute Gasteiger partial charge is 0.363 e. The number of nitrogens with zero attached hydrogens (tertiary/aromatic N) is 5. The van der Waals surface area contributed by atoms with E-state index in [1.807, 2.05) is 25.1 Å². The predicted molar refractivity (Wildman–Crippen MR) is 66.9 cm³/mol. The quantitative estimate of drug-likeness (QED) is 0.767. The first-order valence-corrected chi connectivity index (χ1v) is 5.85. The lowest BCUT2D eigenvalue weighted by Gasteiger charge is -2.29. The molecule has 1 aliphatic rings. The molecular weight excluding hydrogens is 214 g/mol. The van der Waals surface area contributed by atoms with Crippen molar-refractivity contribution in [3.8, 4) is 6.07 Å². The maximum absolute atomic E-state index is 8.86. The number of aromatic nitrogens is 2. The Morgan fingerprint density at radius 3 is 2.71 bits per heavy atom. The highest BCUT2D eigenvalue weighted by Crippen LogP contribution is 2.21. The molecule has 0 unspecified atom stereocenters. The zero-order chi connectivity index (χ0) is 12.3. The van der Waals surface area contributed by atoms with Gasteiger partial charge in [-0.15, -0.1) is 0 Å². The Morgan fingerprint density at radius 1 is 1.41 bits per heavy atom. The first kappa shape index (κ1) is 11.6. The van der Waals surface area contributed by atoms with Crippen molar-refractivity contribution in [3.05, 3.63) is 12.3 Å². The highest BCUT2D eigenvalue weighted by atomic mass is 15.3. The summed E-state index contributed by atoms with van der Waals surface area (Å²) in [4.78, 5) is 12.9. The highest BCUT2D eigenvalue weighted by molar-refractivity contribution is 5.42. The molecule has 0 amide bonds. The Balaban J connectivity index is 2.08. The van der Waals surface area contributed by atoms with Crippen molar-refractivity contribution in [2.75, 3.05) is 37.0 Å². The molecule has 90 valence electrons. The van der Waals surface area contributed by atoms with E-state index in [1.165, 1.54) is 0 Å². The summed E-state index contributed by atoms with van der Waals surface area (Å²) in [6.45, 7) is 1.74. The van der Waals surface area contributed by atoms with Crippen LogP contribution < -0.4 is 9.80 Å². The van der Waals surface area contributed by atoms with Crippen molar-refractivity contribution in [2.45, 2.75) is 12.8 Å². The van der Waals surface area contributed by atoms with Crippen LogP contribution >= 0.6 is 0 Å². The molecule has 5 heteroatoms. The fourth-order valence-corrected chi connectivity index (χ4v) is 1.95. The molecule has 2 rings (SSSR count). The Kier molecular flexibility index (Phi) is 3.43. The van der Waals surface area contributed by atoms with Gasteiger partial charge < -0.3 is 9.80 Å². The molecule has 0 saturated carbocycles. The lowest BCUT2D eigenvalue weighted by atomic mass is 9.99. The predicted octanol–water partition coefficient (Wildman–Crippen LogP) is 1.28. The monoisotopic (exact) mass is 231 g/mol. The van der Waals surface area contributed by atoms with Crippen molar-refractivity contribution < 1.29 is 0 Å². The van der Waals surface area contributed by atoms with Gasteiger partial charge in [0.1, 0.15) is 5.82 Å². The smallest absolute Gasteiger partial charge is 0.227 e. The van der Waals surface area contributed by atoms with Crippen LogP contribution in [0.2, 0.25) is 0 Å². The van der Waals surface area contributed by atoms with Crippen molar-refractivity contribution in [1.82, 2.24) is 9.97 Å². The lowest BCUT2D eigenvalue weighted by molar-refractivity contribution is 0.482. The van der Waals surface area contributed by atoms with Crippen LogP contribution in [0.25, 0.3) is 0 Å². The number of hydrogen-bond acceptors (Lipinski definition) is 5. The van der Waals surface area contributed by atoms with E-state index in [1.54, 1.807) is 6.20 Å². The summed E-state index contributed by atoms with van der Waals surface area (Å²) >= 11 is 0. The van der Waals surface area contributed by atoms with Gasteiger partial charge in [-0.05, 0) is 18.9 Å². The highest BCUT2D eigenvalue weighted by Gasteiger charge is 2.20. The van der Waals surface area contributed by atoms with E-state index in [-0.39, 0.29) is 5.92 Å². The van der Waals surface area contributed by atoms with Crippen LogP contribution in [0.1, 0.15) is 12.8 Å². The van der Waals surface area contributed by atoms with Crippen molar-refractivity contribution in [2.24, 2.45) is 5.92 Å². The van der Waals surface area contributed by atoms with E-state index in [9.17, 15) is 0 Å². The minimum atomic E-state index is 0.197. The number of rotatable bonds is 2. The summed E-state index contributed by atoms with van der Waals surface area (Å²) in [5, 5.41) is 8.86. The molecule has 1 aromatic heterocycles. The summed E-state index contributed by atoms with van der Waals surface area (Å²) in [5.74, 6) is 1.88. The van der Waals surface area contributed by atoms with Crippen LogP contribution in [0.3, 0.4) is 0 Å². The van der Waals surface area contributed by atoms with Gasteiger partial charge in [0, 0.05) is 39.3 Å². The van der Waals surface area contributed by atoms with Crippen LogP contribution in [0.15, 0.2) is 12.3 Å². The summed E-state index contributed by atoms with van der Waals surface area (Å²) < 4.78 is 0. The SMILES string of the molecule is CN(C)c1ccnc(N2CCC(C#N)CC2)n1. The summed E-state index contributed by atoms with van der Waals surface area (Å²) in [6, 6.07) is 4.22. The van der Waals surface area contributed by atoms with Gasteiger partial charge in [-0.2, -0.15) is 10.2 Å². The standard InChI is InChI=1S/C12H17N5/c1-16(2)11-3-6-14-12(15-11)17-7-4-10(9-13)5-8-17/h3,6,10H,4-5,7-8H2,1-2H3. The molecule has 0 bridgehead atoms.